The molecule has 1 aliphatic rings. The van der Waals surface area contributed by atoms with Gasteiger partial charge in [0.2, 0.25) is 0 Å². The van der Waals surface area contributed by atoms with Crippen molar-refractivity contribution in [2.45, 2.75) is 92.5 Å². The van der Waals surface area contributed by atoms with Crippen molar-refractivity contribution < 1.29 is 24.5 Å². The Kier molecular flexibility index (Phi) is 9.97. The Hall–Kier alpha value is -2.09. The first-order valence-electron chi connectivity index (χ1n) is 11.9. The molecule has 34 heavy (non-hydrogen) atoms. The van der Waals surface area contributed by atoms with E-state index in [1.54, 1.807) is 32.1 Å². The zero-order chi connectivity index (χ0) is 25.6. The zero-order valence-electron chi connectivity index (χ0n) is 21.4. The maximum absolute atomic E-state index is 13.1. The van der Waals surface area contributed by atoms with Crippen molar-refractivity contribution in [2.24, 2.45) is 11.3 Å². The number of hydrogen-bond acceptors (Lipinski definition) is 7. The molecular weight excluding hydrogens is 450 g/mol. The van der Waals surface area contributed by atoms with Gasteiger partial charge in [0.05, 0.1) is 34.7 Å². The van der Waals surface area contributed by atoms with Gasteiger partial charge in [-0.3, -0.25) is 9.59 Å². The topological polar surface area (TPSA) is 96.7 Å². The van der Waals surface area contributed by atoms with Crippen LogP contribution in [0.1, 0.15) is 77.9 Å². The van der Waals surface area contributed by atoms with Crippen molar-refractivity contribution in [1.82, 2.24) is 4.98 Å². The van der Waals surface area contributed by atoms with Gasteiger partial charge in [0, 0.05) is 17.7 Å². The number of rotatable bonds is 2. The summed E-state index contributed by atoms with van der Waals surface area (Å²) in [6.07, 6.45) is 5.01. The molecule has 0 unspecified atom stereocenters. The van der Waals surface area contributed by atoms with Crippen molar-refractivity contribution >= 4 is 29.2 Å². The van der Waals surface area contributed by atoms with Crippen molar-refractivity contribution in [3.8, 4) is 0 Å². The summed E-state index contributed by atoms with van der Waals surface area (Å²) in [5, 5.41) is 24.4. The fourth-order valence-corrected chi connectivity index (χ4v) is 4.64. The molecule has 1 aromatic heterocycles. The number of aryl methyl sites for hydroxylation is 1. The highest BCUT2D eigenvalue weighted by Gasteiger charge is 2.41. The SMILES string of the molecule is C/C1=C/C[C@@H](/C(C)=C/c2csc(C)n2)OC(=O)C[C@H](O)C(C)(C)C(=O)[C@H](C)[C@H](O)/C(C)=C\CC1. The van der Waals surface area contributed by atoms with Crippen LogP contribution in [-0.4, -0.2) is 45.3 Å². The lowest BCUT2D eigenvalue weighted by molar-refractivity contribution is -0.153. The van der Waals surface area contributed by atoms with Crippen molar-refractivity contribution in [1.29, 1.82) is 0 Å². The van der Waals surface area contributed by atoms with Gasteiger partial charge in [0.15, 0.2) is 0 Å². The standard InChI is InChI=1S/C27H39NO5S/c1-16-9-8-10-17(2)25(31)19(4)26(32)27(6,7)23(29)14-24(30)33-22(12-11-16)18(3)13-21-15-34-20(5)28-21/h10-11,13,15,19,22-23,25,29,31H,8-9,12,14H2,1-7H3/b16-11-,17-10-,18-13+/t19-,22+,23+,25-/m1/s1. The third-order valence-corrected chi connectivity index (χ3v) is 7.45. The van der Waals surface area contributed by atoms with E-state index in [9.17, 15) is 19.8 Å². The minimum absolute atomic E-state index is 0.289. The van der Waals surface area contributed by atoms with E-state index in [0.717, 1.165) is 40.3 Å². The number of allylic oxidation sites excluding steroid dienone is 2. The molecule has 2 heterocycles. The summed E-state index contributed by atoms with van der Waals surface area (Å²) >= 11 is 1.56. The molecule has 188 valence electrons. The minimum Gasteiger partial charge on any atom is -0.457 e. The van der Waals surface area contributed by atoms with Crippen LogP contribution in [-0.2, 0) is 14.3 Å². The van der Waals surface area contributed by atoms with Gasteiger partial charge in [-0.1, -0.05) is 38.5 Å². The van der Waals surface area contributed by atoms with Crippen LogP contribution >= 0.6 is 11.3 Å². The minimum atomic E-state index is -1.23. The number of Topliss-reactive ketones (excluding diaryl/α,β-unsaturated/α-hetero) is 1. The number of ether oxygens (including phenoxy) is 1. The number of carbonyl (C=O) groups excluding carboxylic acids is 2. The van der Waals surface area contributed by atoms with Crippen LogP contribution in [0.3, 0.4) is 0 Å². The third kappa shape index (κ3) is 7.45. The van der Waals surface area contributed by atoms with Gasteiger partial charge in [-0.25, -0.2) is 4.98 Å². The molecule has 4 atom stereocenters. The van der Waals surface area contributed by atoms with E-state index in [0.29, 0.717) is 6.42 Å². The molecule has 0 amide bonds. The Labute approximate surface area is 207 Å². The van der Waals surface area contributed by atoms with E-state index >= 15 is 0 Å². The van der Waals surface area contributed by atoms with Crippen LogP contribution in [0, 0.1) is 18.3 Å². The number of ketones is 1. The molecule has 6 nitrogen and oxygen atoms in total. The second-order valence-electron chi connectivity index (χ2n) is 9.97. The van der Waals surface area contributed by atoms with Gasteiger partial charge in [-0.2, -0.15) is 0 Å². The zero-order valence-corrected chi connectivity index (χ0v) is 22.2. The normalized spacial score (nSPS) is 31.3. The molecule has 7 heteroatoms. The van der Waals surface area contributed by atoms with Gasteiger partial charge in [0.25, 0.3) is 0 Å². The smallest absolute Gasteiger partial charge is 0.309 e. The molecule has 0 saturated heterocycles. The molecule has 0 radical (unpaired) electrons. The van der Waals surface area contributed by atoms with E-state index in [2.05, 4.69) is 11.1 Å². The Morgan fingerprint density at radius 1 is 1.21 bits per heavy atom. The molecule has 0 saturated carbocycles. The Morgan fingerprint density at radius 2 is 1.88 bits per heavy atom. The van der Waals surface area contributed by atoms with Crippen molar-refractivity contribution in [2.75, 3.05) is 0 Å². The van der Waals surface area contributed by atoms with E-state index in [-0.39, 0.29) is 12.2 Å². The molecule has 0 aliphatic carbocycles. The van der Waals surface area contributed by atoms with Crippen molar-refractivity contribution in [3.63, 3.8) is 0 Å². The Bertz CT molecular complexity index is 971. The van der Waals surface area contributed by atoms with Crippen LogP contribution < -0.4 is 0 Å². The summed E-state index contributed by atoms with van der Waals surface area (Å²) < 4.78 is 5.80. The molecule has 0 aromatic carbocycles. The summed E-state index contributed by atoms with van der Waals surface area (Å²) in [6.45, 7) is 12.6. The predicted molar refractivity (Wildman–Crippen MR) is 136 cm³/mol. The Morgan fingerprint density at radius 3 is 2.50 bits per heavy atom. The fraction of sp³-hybridized carbons (Fsp3) is 0.593. The largest absolute Gasteiger partial charge is 0.457 e. The number of esters is 1. The molecule has 0 fully saturated rings. The highest BCUT2D eigenvalue weighted by atomic mass is 32.1. The van der Waals surface area contributed by atoms with E-state index in [1.165, 1.54) is 0 Å². The first kappa shape index (κ1) is 28.1. The second-order valence-corrected chi connectivity index (χ2v) is 11.0. The third-order valence-electron chi connectivity index (χ3n) is 6.66. The lowest BCUT2D eigenvalue weighted by Gasteiger charge is -2.33. The number of aliphatic hydroxyl groups is 2. The fourth-order valence-electron chi connectivity index (χ4n) is 4.07. The summed E-state index contributed by atoms with van der Waals surface area (Å²) in [4.78, 5) is 30.4. The predicted octanol–water partition coefficient (Wildman–Crippen LogP) is 5.19. The van der Waals surface area contributed by atoms with Crippen LogP contribution in [0.15, 0.2) is 34.3 Å². The first-order chi connectivity index (χ1) is 15.8. The molecule has 1 aliphatic heterocycles. The lowest BCUT2D eigenvalue weighted by Crippen LogP contribution is -2.44. The summed E-state index contributed by atoms with van der Waals surface area (Å²) in [5.41, 5.74) is 2.35. The van der Waals surface area contributed by atoms with E-state index in [4.69, 9.17) is 4.74 Å². The monoisotopic (exact) mass is 489 g/mol. The molecule has 2 N–H and O–H groups in total. The molecular formula is C27H39NO5S. The number of nitrogens with zero attached hydrogens (tertiary/aromatic N) is 1. The van der Waals surface area contributed by atoms with Crippen LogP contribution in [0.5, 0.6) is 0 Å². The van der Waals surface area contributed by atoms with Crippen LogP contribution in [0.25, 0.3) is 6.08 Å². The van der Waals surface area contributed by atoms with Gasteiger partial charge in [-0.15, -0.1) is 11.3 Å². The summed E-state index contributed by atoms with van der Waals surface area (Å²) in [6, 6.07) is 0. The molecule has 0 bridgehead atoms. The average molecular weight is 490 g/mol. The number of thiazole rings is 1. The lowest BCUT2D eigenvalue weighted by atomic mass is 9.74. The number of carbonyl (C=O) groups is 2. The number of cyclic esters (lactones) is 1. The van der Waals surface area contributed by atoms with Crippen molar-refractivity contribution in [3.05, 3.63) is 45.0 Å². The average Bonchev–Trinajstić information content (AvgIpc) is 3.18. The summed E-state index contributed by atoms with van der Waals surface area (Å²) in [7, 11) is 0. The Balaban J connectivity index is 2.37. The van der Waals surface area contributed by atoms with Gasteiger partial charge in [0.1, 0.15) is 11.9 Å². The first-order valence-corrected chi connectivity index (χ1v) is 12.7. The highest BCUT2D eigenvalue weighted by Crippen LogP contribution is 2.31. The molecule has 0 spiro atoms. The quantitative estimate of drug-likeness (QED) is 0.439. The maximum Gasteiger partial charge on any atom is 0.309 e. The second kappa shape index (κ2) is 12.0. The number of aliphatic hydroxyl groups excluding tert-OH is 2. The number of aromatic nitrogens is 1. The molecule has 2 rings (SSSR count). The van der Waals surface area contributed by atoms with Gasteiger partial charge in [-0.05, 0) is 57.8 Å². The summed E-state index contributed by atoms with van der Waals surface area (Å²) in [5.74, 6) is -1.56. The molecule has 1 aromatic rings. The highest BCUT2D eigenvalue weighted by molar-refractivity contribution is 7.09. The van der Waals surface area contributed by atoms with Gasteiger partial charge < -0.3 is 14.9 Å². The number of hydrogen-bond donors (Lipinski definition) is 2. The maximum atomic E-state index is 13.1. The van der Waals surface area contributed by atoms with Crippen LogP contribution in [0.4, 0.5) is 0 Å². The van der Waals surface area contributed by atoms with Crippen LogP contribution in [0.2, 0.25) is 0 Å². The van der Waals surface area contributed by atoms with Gasteiger partial charge >= 0.3 is 5.97 Å². The van der Waals surface area contributed by atoms with E-state index < -0.39 is 35.6 Å². The van der Waals surface area contributed by atoms with E-state index in [1.807, 2.05) is 45.2 Å².